The molecule has 1 saturated heterocycles. The van der Waals surface area contributed by atoms with Gasteiger partial charge in [0.2, 0.25) is 0 Å². The first-order chi connectivity index (χ1) is 15.4. The van der Waals surface area contributed by atoms with Crippen LogP contribution >= 0.6 is 39.3 Å². The van der Waals surface area contributed by atoms with Crippen LogP contribution < -0.4 is 4.74 Å². The first-order valence-electron chi connectivity index (χ1n) is 9.56. The molecule has 0 unspecified atom stereocenters. The van der Waals surface area contributed by atoms with Gasteiger partial charge in [-0.15, -0.1) is 0 Å². The van der Waals surface area contributed by atoms with Gasteiger partial charge in [0.05, 0.1) is 11.4 Å². The summed E-state index contributed by atoms with van der Waals surface area (Å²) in [5.41, 5.74) is 1.85. The lowest BCUT2D eigenvalue weighted by molar-refractivity contribution is -0.123. The van der Waals surface area contributed by atoms with Gasteiger partial charge in [0.1, 0.15) is 18.2 Å². The van der Waals surface area contributed by atoms with Crippen molar-refractivity contribution in [3.8, 4) is 5.75 Å². The number of benzene rings is 3. The Labute approximate surface area is 202 Å². The molecule has 1 fully saturated rings. The van der Waals surface area contributed by atoms with Gasteiger partial charge in [-0.25, -0.2) is 4.39 Å². The molecule has 32 heavy (non-hydrogen) atoms. The third kappa shape index (κ3) is 5.23. The van der Waals surface area contributed by atoms with Crippen LogP contribution in [0.25, 0.3) is 6.08 Å². The lowest BCUT2D eigenvalue weighted by Crippen LogP contribution is -2.28. The molecule has 3 aromatic carbocycles. The van der Waals surface area contributed by atoms with Crippen LogP contribution in [0.1, 0.15) is 16.7 Å². The van der Waals surface area contributed by atoms with Crippen molar-refractivity contribution in [2.45, 2.75) is 13.2 Å². The van der Waals surface area contributed by atoms with Gasteiger partial charge in [0, 0.05) is 15.1 Å². The van der Waals surface area contributed by atoms with Crippen molar-refractivity contribution in [2.24, 2.45) is 0 Å². The molecule has 1 aliphatic rings. The largest absolute Gasteiger partial charge is 0.489 e. The molecule has 1 aliphatic heterocycles. The normalized spacial score (nSPS) is 15.0. The summed E-state index contributed by atoms with van der Waals surface area (Å²) in [7, 11) is 0. The molecule has 4 rings (SSSR count). The zero-order valence-electron chi connectivity index (χ0n) is 16.6. The predicted molar refractivity (Wildman–Crippen MR) is 128 cm³/mol. The van der Waals surface area contributed by atoms with Gasteiger partial charge < -0.3 is 4.74 Å². The Morgan fingerprint density at radius 2 is 1.81 bits per heavy atom. The number of thioether (sulfide) groups is 1. The molecular weight excluding hydrogens is 517 g/mol. The number of nitrogens with zero attached hydrogens (tertiary/aromatic N) is 1. The number of rotatable bonds is 6. The number of carbonyl (C=O) groups is 2. The quantitative estimate of drug-likeness (QED) is 0.319. The third-order valence-corrected chi connectivity index (χ3v) is 6.52. The summed E-state index contributed by atoms with van der Waals surface area (Å²) < 4.78 is 20.9. The summed E-state index contributed by atoms with van der Waals surface area (Å²) in [5.74, 6) is -0.407. The maximum atomic E-state index is 14.1. The van der Waals surface area contributed by atoms with E-state index in [1.165, 1.54) is 18.2 Å². The second-order valence-electron chi connectivity index (χ2n) is 6.96. The number of imide groups is 1. The molecule has 0 bridgehead atoms. The highest BCUT2D eigenvalue weighted by molar-refractivity contribution is 9.10. The summed E-state index contributed by atoms with van der Waals surface area (Å²) in [6.07, 6.45) is 1.63. The molecule has 0 saturated carbocycles. The third-order valence-electron chi connectivity index (χ3n) is 4.73. The van der Waals surface area contributed by atoms with Crippen LogP contribution in [0, 0.1) is 5.82 Å². The Bertz CT molecular complexity index is 1200. The molecule has 4 nitrogen and oxygen atoms in total. The van der Waals surface area contributed by atoms with E-state index in [1.807, 2.05) is 42.5 Å². The summed E-state index contributed by atoms with van der Waals surface area (Å²) in [5, 5.41) is -0.299. The molecule has 0 radical (unpaired) electrons. The van der Waals surface area contributed by atoms with Crippen molar-refractivity contribution < 1.29 is 18.7 Å². The Balaban J connectivity index is 1.48. The fourth-order valence-corrected chi connectivity index (χ4v) is 4.40. The van der Waals surface area contributed by atoms with E-state index in [0.717, 1.165) is 26.7 Å². The van der Waals surface area contributed by atoms with Crippen LogP contribution in [0.3, 0.4) is 0 Å². The van der Waals surface area contributed by atoms with Crippen molar-refractivity contribution in [3.05, 3.63) is 104 Å². The predicted octanol–water partition coefficient (Wildman–Crippen LogP) is 7.06. The number of carbonyl (C=O) groups excluding carboxylic acids is 2. The van der Waals surface area contributed by atoms with Crippen LogP contribution in [0.15, 0.2) is 76.1 Å². The van der Waals surface area contributed by atoms with Gasteiger partial charge in [-0.05, 0) is 65.4 Å². The van der Waals surface area contributed by atoms with Gasteiger partial charge in [0.25, 0.3) is 11.1 Å². The molecule has 3 aromatic rings. The molecule has 2 amide bonds. The highest BCUT2D eigenvalue weighted by Gasteiger charge is 2.35. The maximum absolute atomic E-state index is 14.1. The Morgan fingerprint density at radius 3 is 2.56 bits per heavy atom. The average Bonchev–Trinajstić information content (AvgIpc) is 3.03. The van der Waals surface area contributed by atoms with Gasteiger partial charge in [-0.1, -0.05) is 57.9 Å². The van der Waals surface area contributed by atoms with Crippen LogP contribution in [0.4, 0.5) is 9.18 Å². The minimum absolute atomic E-state index is 0.112. The SMILES string of the molecule is O=C1S/C(=C\c2cccc(OCc3ccc(Br)cc3)c2)C(=O)N1Cc1c(F)cccc1Cl. The number of hydrogen-bond acceptors (Lipinski definition) is 4. The fourth-order valence-electron chi connectivity index (χ4n) is 3.07. The zero-order chi connectivity index (χ0) is 22.7. The molecular formula is C24H16BrClFNO3S. The standard InChI is InChI=1S/C24H16BrClFNO3S/c25-17-9-7-15(8-10-17)14-31-18-4-1-3-16(11-18)12-22-23(29)28(24(30)32-22)13-19-20(26)5-2-6-21(19)27/h1-12H,13-14H2/b22-12-. The number of hydrogen-bond donors (Lipinski definition) is 0. The summed E-state index contributed by atoms with van der Waals surface area (Å²) in [6.45, 7) is 0.181. The first kappa shape index (κ1) is 22.6. The summed E-state index contributed by atoms with van der Waals surface area (Å²) in [4.78, 5) is 26.4. The monoisotopic (exact) mass is 531 g/mol. The second kappa shape index (κ2) is 9.90. The van der Waals surface area contributed by atoms with Crippen molar-refractivity contribution in [3.63, 3.8) is 0 Å². The van der Waals surface area contributed by atoms with Crippen LogP contribution in [-0.2, 0) is 17.9 Å². The van der Waals surface area contributed by atoms with Crippen molar-refractivity contribution >= 4 is 56.5 Å². The molecule has 1 heterocycles. The molecule has 0 aliphatic carbocycles. The van der Waals surface area contributed by atoms with E-state index in [-0.39, 0.29) is 22.0 Å². The van der Waals surface area contributed by atoms with E-state index in [2.05, 4.69) is 15.9 Å². The topological polar surface area (TPSA) is 46.6 Å². The van der Waals surface area contributed by atoms with E-state index in [0.29, 0.717) is 17.9 Å². The summed E-state index contributed by atoms with van der Waals surface area (Å²) in [6, 6.07) is 19.3. The van der Waals surface area contributed by atoms with Crippen molar-refractivity contribution in [2.75, 3.05) is 0 Å². The van der Waals surface area contributed by atoms with Gasteiger partial charge in [-0.3, -0.25) is 14.5 Å². The number of halogens is 3. The average molecular weight is 533 g/mol. The molecule has 8 heteroatoms. The van der Waals surface area contributed by atoms with Crippen molar-refractivity contribution in [1.82, 2.24) is 4.90 Å². The first-order valence-corrected chi connectivity index (χ1v) is 11.5. The van der Waals surface area contributed by atoms with Crippen molar-refractivity contribution in [1.29, 1.82) is 0 Å². The maximum Gasteiger partial charge on any atom is 0.293 e. The van der Waals surface area contributed by atoms with E-state index < -0.39 is 17.0 Å². The molecule has 0 N–H and O–H groups in total. The Kier molecular flexibility index (Phi) is 6.98. The smallest absolute Gasteiger partial charge is 0.293 e. The van der Waals surface area contributed by atoms with E-state index in [9.17, 15) is 14.0 Å². The molecule has 0 spiro atoms. The van der Waals surface area contributed by atoms with Gasteiger partial charge in [0.15, 0.2) is 0 Å². The molecule has 0 aromatic heterocycles. The Hall–Kier alpha value is -2.61. The van der Waals surface area contributed by atoms with E-state index in [4.69, 9.17) is 16.3 Å². The zero-order valence-corrected chi connectivity index (χ0v) is 19.7. The van der Waals surface area contributed by atoms with Crippen LogP contribution in [0.5, 0.6) is 5.75 Å². The highest BCUT2D eigenvalue weighted by atomic mass is 79.9. The number of ether oxygens (including phenoxy) is 1. The lowest BCUT2D eigenvalue weighted by atomic mass is 10.1. The summed E-state index contributed by atoms with van der Waals surface area (Å²) >= 11 is 10.3. The van der Waals surface area contributed by atoms with Crippen LogP contribution in [0.2, 0.25) is 5.02 Å². The molecule has 0 atom stereocenters. The van der Waals surface area contributed by atoms with E-state index in [1.54, 1.807) is 12.1 Å². The van der Waals surface area contributed by atoms with Crippen LogP contribution in [-0.4, -0.2) is 16.0 Å². The minimum atomic E-state index is -0.559. The van der Waals surface area contributed by atoms with Gasteiger partial charge in [-0.2, -0.15) is 0 Å². The van der Waals surface area contributed by atoms with Gasteiger partial charge >= 0.3 is 0 Å². The second-order valence-corrected chi connectivity index (χ2v) is 9.27. The fraction of sp³-hybridized carbons (Fsp3) is 0.0833. The minimum Gasteiger partial charge on any atom is -0.489 e. The molecule has 162 valence electrons. The lowest BCUT2D eigenvalue weighted by Gasteiger charge is -2.14. The van der Waals surface area contributed by atoms with E-state index >= 15 is 0 Å². The number of amides is 2. The highest BCUT2D eigenvalue weighted by Crippen LogP contribution is 2.35. The Morgan fingerprint density at radius 1 is 1.06 bits per heavy atom.